The van der Waals surface area contributed by atoms with Crippen LogP contribution in [0.4, 0.5) is 11.4 Å². The maximum Gasteiger partial charge on any atom is 0.237 e. The number of aryl methyl sites for hydroxylation is 1. The van der Waals surface area contributed by atoms with Crippen LogP contribution in [0.15, 0.2) is 109 Å². The van der Waals surface area contributed by atoms with Gasteiger partial charge in [0.05, 0.1) is 33.4 Å². The number of aldehydes is 1. The van der Waals surface area contributed by atoms with E-state index in [2.05, 4.69) is 63.1 Å². The minimum atomic E-state index is -0.532. The number of anilines is 2. The van der Waals surface area contributed by atoms with E-state index in [-0.39, 0.29) is 37.4 Å². The highest BCUT2D eigenvalue weighted by atomic mass is 16.5. The number of hydrogen-bond donors (Lipinski definition) is 5. The highest BCUT2D eigenvalue weighted by molar-refractivity contribution is 5.84. The van der Waals surface area contributed by atoms with Gasteiger partial charge in [0.25, 0.3) is 0 Å². The van der Waals surface area contributed by atoms with Crippen LogP contribution in [-0.2, 0) is 36.8 Å². The number of nitrogens with one attached hydrogen (secondary N) is 4. The second-order valence-electron chi connectivity index (χ2n) is 11.7. The molecule has 4 amide bonds. The second-order valence-corrected chi connectivity index (χ2v) is 11.7. The molecule has 0 fully saturated rings. The number of carbonyl (C=O) groups is 5. The van der Waals surface area contributed by atoms with E-state index in [0.717, 1.165) is 35.6 Å². The van der Waals surface area contributed by atoms with E-state index in [0.29, 0.717) is 12.7 Å². The van der Waals surface area contributed by atoms with Crippen molar-refractivity contribution in [1.82, 2.24) is 16.0 Å². The fourth-order valence-electron chi connectivity index (χ4n) is 4.33. The monoisotopic (exact) mass is 758 g/mol. The third-order valence-corrected chi connectivity index (χ3v) is 7.27. The number of rotatable bonds is 15. The van der Waals surface area contributed by atoms with Gasteiger partial charge in [0.15, 0.2) is 0 Å². The fraction of sp³-hybridized carbons (Fsp3) is 0.310. The van der Waals surface area contributed by atoms with Gasteiger partial charge in [-0.1, -0.05) is 67.6 Å². The molecule has 2 atom stereocenters. The zero-order valence-electron chi connectivity index (χ0n) is 33.0. The molecular formula is C42H58N6O7. The summed E-state index contributed by atoms with van der Waals surface area (Å²) in [6, 6.07) is 34.9. The Morgan fingerprint density at radius 2 is 1.25 bits per heavy atom. The van der Waals surface area contributed by atoms with Crippen LogP contribution in [0.1, 0.15) is 31.9 Å². The number of amides is 4. The molecule has 0 saturated heterocycles. The number of ether oxygens (including phenoxy) is 2. The Morgan fingerprint density at radius 3 is 1.67 bits per heavy atom. The summed E-state index contributed by atoms with van der Waals surface area (Å²) in [4.78, 5) is 54.1. The maximum absolute atomic E-state index is 11.8. The Bertz CT molecular complexity index is 1590. The van der Waals surface area contributed by atoms with Gasteiger partial charge in [0, 0.05) is 31.5 Å². The topological polar surface area (TPSA) is 181 Å². The summed E-state index contributed by atoms with van der Waals surface area (Å²) in [6.45, 7) is 5.77. The maximum atomic E-state index is 11.8. The SMILES string of the molecule is CC(Cc1ccccc1)NC(=O)CNC(C)C(=O)NCC=O.CCc1ccccc1.COc1ccc(N(C)C)cc1.COc1ccc(NC=O)cc1.NC=O. The van der Waals surface area contributed by atoms with Crippen molar-refractivity contribution < 1.29 is 33.4 Å². The number of nitrogens with two attached hydrogens (primary N) is 1. The molecule has 0 heterocycles. The van der Waals surface area contributed by atoms with Crippen LogP contribution in [-0.4, -0.2) is 84.4 Å². The summed E-state index contributed by atoms with van der Waals surface area (Å²) >= 11 is 0. The molecule has 13 heteroatoms. The number of methoxy groups -OCH3 is 2. The normalized spacial score (nSPS) is 10.4. The smallest absolute Gasteiger partial charge is 0.237 e. The van der Waals surface area contributed by atoms with Crippen molar-refractivity contribution in [2.75, 3.05) is 51.6 Å². The Kier molecular flexibility index (Phi) is 27.8. The third kappa shape index (κ3) is 24.6. The molecule has 13 nitrogen and oxygen atoms in total. The lowest BCUT2D eigenvalue weighted by molar-refractivity contribution is -0.124. The number of nitrogens with zero attached hydrogens (tertiary/aromatic N) is 1. The first kappa shape index (κ1) is 48.8. The average molecular weight is 759 g/mol. The quantitative estimate of drug-likeness (QED) is 0.110. The van der Waals surface area contributed by atoms with Crippen molar-refractivity contribution in [3.8, 4) is 11.5 Å². The van der Waals surface area contributed by atoms with E-state index in [1.807, 2.05) is 81.7 Å². The van der Waals surface area contributed by atoms with Gasteiger partial charge in [-0.15, -0.1) is 0 Å². The predicted octanol–water partition coefficient (Wildman–Crippen LogP) is 4.40. The van der Waals surface area contributed by atoms with Gasteiger partial charge in [-0.3, -0.25) is 24.5 Å². The summed E-state index contributed by atoms with van der Waals surface area (Å²) in [5.74, 6) is 1.20. The molecular weight excluding hydrogens is 700 g/mol. The van der Waals surface area contributed by atoms with E-state index in [4.69, 9.17) is 14.3 Å². The van der Waals surface area contributed by atoms with Crippen LogP contribution in [0, 0.1) is 0 Å². The van der Waals surface area contributed by atoms with E-state index in [9.17, 15) is 19.2 Å². The van der Waals surface area contributed by atoms with Crippen molar-refractivity contribution in [3.05, 3.63) is 120 Å². The van der Waals surface area contributed by atoms with Crippen LogP contribution in [0.2, 0.25) is 0 Å². The molecule has 0 saturated carbocycles. The molecule has 0 radical (unpaired) electrons. The minimum Gasteiger partial charge on any atom is -0.497 e. The van der Waals surface area contributed by atoms with Crippen LogP contribution < -0.4 is 41.4 Å². The molecule has 0 aliphatic carbocycles. The van der Waals surface area contributed by atoms with Gasteiger partial charge in [0.2, 0.25) is 24.6 Å². The molecule has 4 rings (SSSR count). The van der Waals surface area contributed by atoms with Crippen molar-refractivity contribution in [2.45, 2.75) is 45.7 Å². The Labute approximate surface area is 326 Å². The minimum absolute atomic E-state index is 0.0101. The first-order chi connectivity index (χ1) is 26.5. The molecule has 0 spiro atoms. The molecule has 55 heavy (non-hydrogen) atoms. The fourth-order valence-corrected chi connectivity index (χ4v) is 4.33. The standard InChI is InChI=1S/C16H23N3O3.C9H13NO.C8H9NO2.C8H10.CH3NO/c1-12(10-14-6-4-3-5-7-14)19-15(21)11-18-13(2)16(22)17-8-9-20;1-10(2)8-4-6-9(11-3)7-5-8;1-11-8-4-2-7(3-5-8)9-6-10;1-2-8-6-4-3-5-7-8;2-1-3/h3-7,9,12-13,18H,8,10-11H2,1-2H3,(H,17,22)(H,19,21);4-7H,1-3H3;2-6H,1H3,(H,9,10);3-7H,2H2,1H3;1H,(H2,2,3). The zero-order chi connectivity index (χ0) is 41.3. The first-order valence-electron chi connectivity index (χ1n) is 17.6. The van der Waals surface area contributed by atoms with Crippen LogP contribution in [0.25, 0.3) is 0 Å². The van der Waals surface area contributed by atoms with E-state index in [1.165, 1.54) is 11.3 Å². The Balaban J connectivity index is 0.000000743. The molecule has 0 aliphatic heterocycles. The molecule has 6 N–H and O–H groups in total. The largest absolute Gasteiger partial charge is 0.497 e. The van der Waals surface area contributed by atoms with E-state index in [1.54, 1.807) is 45.4 Å². The van der Waals surface area contributed by atoms with E-state index < -0.39 is 6.04 Å². The summed E-state index contributed by atoms with van der Waals surface area (Å²) < 4.78 is 9.96. The molecule has 0 aliphatic rings. The third-order valence-electron chi connectivity index (χ3n) is 7.27. The van der Waals surface area contributed by atoms with Crippen LogP contribution in [0.3, 0.4) is 0 Å². The Morgan fingerprint density at radius 1 is 0.764 bits per heavy atom. The molecule has 4 aromatic carbocycles. The number of hydrogen-bond acceptors (Lipinski definition) is 9. The van der Waals surface area contributed by atoms with E-state index >= 15 is 0 Å². The summed E-state index contributed by atoms with van der Waals surface area (Å²) in [7, 11) is 7.30. The van der Waals surface area contributed by atoms with Gasteiger partial charge in [-0.05, 0) is 86.3 Å². The lowest BCUT2D eigenvalue weighted by Gasteiger charge is -2.16. The molecule has 0 bridgehead atoms. The average Bonchev–Trinajstić information content (AvgIpc) is 3.21. The highest BCUT2D eigenvalue weighted by Gasteiger charge is 2.14. The lowest BCUT2D eigenvalue weighted by Crippen LogP contribution is -2.47. The Hall–Kier alpha value is -6.21. The molecule has 2 unspecified atom stereocenters. The van der Waals surface area contributed by atoms with Gasteiger partial charge in [-0.25, -0.2) is 0 Å². The van der Waals surface area contributed by atoms with Gasteiger partial charge in [0.1, 0.15) is 17.8 Å². The molecule has 298 valence electrons. The van der Waals surface area contributed by atoms with Crippen molar-refractivity contribution in [2.24, 2.45) is 5.73 Å². The second kappa shape index (κ2) is 31.3. The van der Waals surface area contributed by atoms with Crippen molar-refractivity contribution in [1.29, 1.82) is 0 Å². The van der Waals surface area contributed by atoms with Crippen molar-refractivity contribution >= 4 is 42.3 Å². The summed E-state index contributed by atoms with van der Waals surface area (Å²) in [5, 5.41) is 10.6. The summed E-state index contributed by atoms with van der Waals surface area (Å²) in [6.07, 6.45) is 3.40. The number of benzene rings is 4. The van der Waals surface area contributed by atoms with Crippen LogP contribution in [0.5, 0.6) is 11.5 Å². The van der Waals surface area contributed by atoms with Gasteiger partial charge in [-0.2, -0.15) is 0 Å². The lowest BCUT2D eigenvalue weighted by atomic mass is 10.1. The highest BCUT2D eigenvalue weighted by Crippen LogP contribution is 2.16. The first-order valence-corrected chi connectivity index (χ1v) is 17.6. The zero-order valence-corrected chi connectivity index (χ0v) is 33.0. The number of carbonyl (C=O) groups excluding carboxylic acids is 5. The number of primary amides is 1. The summed E-state index contributed by atoms with van der Waals surface area (Å²) in [5.41, 5.74) is 8.68. The van der Waals surface area contributed by atoms with Crippen molar-refractivity contribution in [3.63, 3.8) is 0 Å². The van der Waals surface area contributed by atoms with Gasteiger partial charge >= 0.3 is 0 Å². The molecule has 4 aromatic rings. The van der Waals surface area contributed by atoms with Crippen LogP contribution >= 0.6 is 0 Å². The predicted molar refractivity (Wildman–Crippen MR) is 220 cm³/mol. The molecule has 0 aromatic heterocycles. The van der Waals surface area contributed by atoms with Gasteiger partial charge < -0.3 is 40.9 Å².